The molecule has 11 heteroatoms. The number of hydrogen-bond donors (Lipinski definition) is 3. The van der Waals surface area contributed by atoms with Crippen LogP contribution in [-0.4, -0.2) is 64.5 Å². The third kappa shape index (κ3) is 6.42. The van der Waals surface area contributed by atoms with Crippen molar-refractivity contribution in [3.05, 3.63) is 99.0 Å². The number of aldehydes is 1. The molecule has 0 atom stereocenters. The summed E-state index contributed by atoms with van der Waals surface area (Å²) in [5.74, 6) is -0.146. The molecule has 4 aromatic rings. The number of carbonyl (C=O) groups excluding carboxylic acids is 3. The highest BCUT2D eigenvalue weighted by molar-refractivity contribution is 6.08. The number of pyridine rings is 1. The van der Waals surface area contributed by atoms with Crippen LogP contribution in [-0.2, 0) is 10.2 Å². The Labute approximate surface area is 254 Å². The summed E-state index contributed by atoms with van der Waals surface area (Å²) >= 11 is 0. The Morgan fingerprint density at radius 1 is 1.00 bits per heavy atom. The van der Waals surface area contributed by atoms with E-state index in [4.69, 9.17) is 4.74 Å². The van der Waals surface area contributed by atoms with E-state index in [-0.39, 0.29) is 28.5 Å². The first-order valence-electron chi connectivity index (χ1n) is 14.3. The number of aromatic nitrogens is 3. The van der Waals surface area contributed by atoms with Gasteiger partial charge in [-0.2, -0.15) is 5.10 Å². The summed E-state index contributed by atoms with van der Waals surface area (Å²) in [5.41, 5.74) is 3.39. The van der Waals surface area contributed by atoms with Crippen molar-refractivity contribution in [2.75, 3.05) is 36.9 Å². The minimum Gasteiger partial charge on any atom is -0.378 e. The van der Waals surface area contributed by atoms with Crippen molar-refractivity contribution in [3.63, 3.8) is 0 Å². The molecule has 0 bridgehead atoms. The number of rotatable bonds is 7. The second kappa shape index (κ2) is 12.6. The van der Waals surface area contributed by atoms with Gasteiger partial charge in [-0.15, -0.1) is 0 Å². The number of aromatic amines is 1. The summed E-state index contributed by atoms with van der Waals surface area (Å²) in [6.07, 6.45) is 2.11. The minimum atomic E-state index is -0.489. The summed E-state index contributed by atoms with van der Waals surface area (Å²) in [7, 11) is 0. The molecule has 1 saturated heterocycles. The summed E-state index contributed by atoms with van der Waals surface area (Å²) in [6, 6.07) is 15.6. The standard InChI is InChI=1S/C33H34N6O5/c1-20-28(24-6-5-7-26(25(24)19-40)35-30(41)21-8-11-23(12-9-21)33(2,3)4)37-38-31(42)29(20)36-27-13-10-22(18-34-27)32(43)39-14-16-44-17-15-39/h5-13,18-19H,14-17H2,1-4H3,(H,35,41)(H,38,42)(H,34,36,37). The van der Waals surface area contributed by atoms with Crippen molar-refractivity contribution in [2.24, 2.45) is 0 Å². The van der Waals surface area contributed by atoms with Gasteiger partial charge in [0.1, 0.15) is 11.5 Å². The number of nitrogens with zero attached hydrogens (tertiary/aromatic N) is 3. The van der Waals surface area contributed by atoms with Crippen LogP contribution in [0.5, 0.6) is 0 Å². The molecular weight excluding hydrogens is 560 g/mol. The van der Waals surface area contributed by atoms with Crippen LogP contribution in [0.1, 0.15) is 63.0 Å². The second-order valence-electron chi connectivity index (χ2n) is 11.5. The second-order valence-corrected chi connectivity index (χ2v) is 11.5. The zero-order valence-electron chi connectivity index (χ0n) is 25.1. The Morgan fingerprint density at radius 3 is 2.34 bits per heavy atom. The fraction of sp³-hybridized carbons (Fsp3) is 0.273. The molecule has 1 aliphatic heterocycles. The lowest BCUT2D eigenvalue weighted by Gasteiger charge is -2.26. The first kappa shape index (κ1) is 30.3. The zero-order valence-corrected chi connectivity index (χ0v) is 25.1. The summed E-state index contributed by atoms with van der Waals surface area (Å²) < 4.78 is 5.31. The third-order valence-electron chi connectivity index (χ3n) is 7.53. The van der Waals surface area contributed by atoms with Gasteiger partial charge in [-0.25, -0.2) is 10.1 Å². The first-order valence-corrected chi connectivity index (χ1v) is 14.3. The predicted octanol–water partition coefficient (Wildman–Crippen LogP) is 4.72. The van der Waals surface area contributed by atoms with E-state index in [9.17, 15) is 19.2 Å². The normalized spacial score (nSPS) is 13.3. The highest BCUT2D eigenvalue weighted by atomic mass is 16.5. The molecule has 5 rings (SSSR count). The smallest absolute Gasteiger partial charge is 0.288 e. The molecule has 0 radical (unpaired) electrons. The number of morpholine rings is 1. The minimum absolute atomic E-state index is 0.0507. The van der Waals surface area contributed by atoms with Crippen molar-refractivity contribution in [3.8, 4) is 11.3 Å². The maximum Gasteiger partial charge on any atom is 0.288 e. The van der Waals surface area contributed by atoms with Crippen molar-refractivity contribution in [1.82, 2.24) is 20.1 Å². The topological polar surface area (TPSA) is 146 Å². The molecule has 11 nitrogen and oxygen atoms in total. The van der Waals surface area contributed by atoms with Crippen molar-refractivity contribution < 1.29 is 19.1 Å². The number of hydrogen-bond acceptors (Lipinski definition) is 8. The van der Waals surface area contributed by atoms with E-state index in [2.05, 4.69) is 46.6 Å². The summed E-state index contributed by atoms with van der Waals surface area (Å²) in [5, 5.41) is 12.6. The lowest BCUT2D eigenvalue weighted by atomic mass is 9.86. The number of nitrogens with one attached hydrogen (secondary N) is 3. The summed E-state index contributed by atoms with van der Waals surface area (Å²) in [4.78, 5) is 57.0. The van der Waals surface area contributed by atoms with Gasteiger partial charge in [0.15, 0.2) is 6.29 Å². The molecule has 226 valence electrons. The van der Waals surface area contributed by atoms with Gasteiger partial charge in [-0.05, 0) is 48.2 Å². The largest absolute Gasteiger partial charge is 0.378 e. The Hall–Kier alpha value is -5.16. The molecule has 3 N–H and O–H groups in total. The Kier molecular flexibility index (Phi) is 8.68. The van der Waals surface area contributed by atoms with E-state index >= 15 is 0 Å². The van der Waals surface area contributed by atoms with Crippen LogP contribution in [0.25, 0.3) is 11.3 Å². The van der Waals surface area contributed by atoms with Crippen molar-refractivity contribution in [1.29, 1.82) is 0 Å². The highest BCUT2D eigenvalue weighted by Crippen LogP contribution is 2.31. The molecule has 0 aliphatic carbocycles. The fourth-order valence-corrected chi connectivity index (χ4v) is 4.94. The average Bonchev–Trinajstić information content (AvgIpc) is 3.03. The van der Waals surface area contributed by atoms with Crippen LogP contribution in [0.15, 0.2) is 65.6 Å². The third-order valence-corrected chi connectivity index (χ3v) is 7.53. The number of amides is 2. The van der Waals surface area contributed by atoms with Crippen LogP contribution in [0, 0.1) is 6.92 Å². The molecule has 1 aliphatic rings. The average molecular weight is 595 g/mol. The molecule has 3 heterocycles. The number of H-pyrrole nitrogens is 1. The van der Waals surface area contributed by atoms with Crippen LogP contribution >= 0.6 is 0 Å². The van der Waals surface area contributed by atoms with E-state index < -0.39 is 5.56 Å². The van der Waals surface area contributed by atoms with Crippen LogP contribution < -0.4 is 16.2 Å². The quantitative estimate of drug-likeness (QED) is 0.261. The summed E-state index contributed by atoms with van der Waals surface area (Å²) in [6.45, 7) is 10.0. The Balaban J connectivity index is 1.39. The van der Waals surface area contributed by atoms with E-state index in [1.54, 1.807) is 54.3 Å². The monoisotopic (exact) mass is 594 g/mol. The SMILES string of the molecule is Cc1c(-c2cccc(NC(=O)c3ccc(C(C)(C)C)cc3)c2C=O)n[nH]c(=O)c1Nc1ccc(C(=O)N2CCOCC2)cn1. The predicted molar refractivity (Wildman–Crippen MR) is 168 cm³/mol. The molecule has 0 spiro atoms. The van der Waals surface area contributed by atoms with Gasteiger partial charge in [0.05, 0.1) is 30.2 Å². The molecule has 2 amide bonds. The van der Waals surface area contributed by atoms with Gasteiger partial charge in [-0.1, -0.05) is 45.0 Å². The molecule has 44 heavy (non-hydrogen) atoms. The molecular formula is C33H34N6O5. The van der Waals surface area contributed by atoms with Gasteiger partial charge in [0.2, 0.25) is 0 Å². The molecule has 0 saturated carbocycles. The fourth-order valence-electron chi connectivity index (χ4n) is 4.94. The Bertz CT molecular complexity index is 1750. The van der Waals surface area contributed by atoms with Crippen LogP contribution in [0.2, 0.25) is 0 Å². The number of anilines is 3. The Morgan fingerprint density at radius 2 is 1.70 bits per heavy atom. The molecule has 0 unspecified atom stereocenters. The molecule has 2 aromatic carbocycles. The van der Waals surface area contributed by atoms with Crippen molar-refractivity contribution in [2.45, 2.75) is 33.1 Å². The molecule has 2 aromatic heterocycles. The number of ether oxygens (including phenoxy) is 1. The lowest BCUT2D eigenvalue weighted by molar-refractivity contribution is 0.0302. The van der Waals surface area contributed by atoms with Crippen LogP contribution in [0.4, 0.5) is 17.2 Å². The van der Waals surface area contributed by atoms with E-state index in [0.29, 0.717) is 72.0 Å². The maximum absolute atomic E-state index is 13.1. The zero-order chi connectivity index (χ0) is 31.4. The van der Waals surface area contributed by atoms with Gasteiger partial charge in [0.25, 0.3) is 17.4 Å². The number of carbonyl (C=O) groups is 3. The van der Waals surface area contributed by atoms with E-state index in [0.717, 1.165) is 5.56 Å². The van der Waals surface area contributed by atoms with Gasteiger partial charge >= 0.3 is 0 Å². The highest BCUT2D eigenvalue weighted by Gasteiger charge is 2.21. The van der Waals surface area contributed by atoms with Crippen LogP contribution in [0.3, 0.4) is 0 Å². The van der Waals surface area contributed by atoms with E-state index in [1.807, 2.05) is 12.1 Å². The number of benzene rings is 2. The lowest BCUT2D eigenvalue weighted by Crippen LogP contribution is -2.40. The first-order chi connectivity index (χ1) is 21.1. The van der Waals surface area contributed by atoms with Gasteiger partial charge in [0, 0.05) is 41.5 Å². The maximum atomic E-state index is 13.1. The van der Waals surface area contributed by atoms with Crippen molar-refractivity contribution >= 4 is 35.3 Å². The van der Waals surface area contributed by atoms with E-state index in [1.165, 1.54) is 6.20 Å². The molecule has 1 fully saturated rings. The van der Waals surface area contributed by atoms with Gasteiger partial charge in [-0.3, -0.25) is 19.2 Å². The van der Waals surface area contributed by atoms with Gasteiger partial charge < -0.3 is 20.3 Å².